The third-order valence-electron chi connectivity index (χ3n) is 2.73. The largest absolute Gasteiger partial charge is 0.393 e. The van der Waals surface area contributed by atoms with Crippen molar-refractivity contribution in [2.24, 2.45) is 0 Å². The highest BCUT2D eigenvalue weighted by Crippen LogP contribution is 2.21. The highest BCUT2D eigenvalue weighted by molar-refractivity contribution is 4.78. The van der Waals surface area contributed by atoms with Gasteiger partial charge in [-0.3, -0.25) is 4.90 Å². The molecule has 0 radical (unpaired) electrons. The van der Waals surface area contributed by atoms with E-state index in [4.69, 9.17) is 0 Å². The van der Waals surface area contributed by atoms with Crippen molar-refractivity contribution in [3.8, 4) is 0 Å². The molecular formula is C10H19F2NO. The number of likely N-dealkylation sites (tertiary alicyclic amines) is 1. The van der Waals surface area contributed by atoms with Crippen LogP contribution < -0.4 is 0 Å². The highest BCUT2D eigenvalue weighted by Gasteiger charge is 2.25. The Hall–Kier alpha value is -0.220. The summed E-state index contributed by atoms with van der Waals surface area (Å²) in [6.07, 6.45) is 1.01. The first kappa shape index (κ1) is 11.9. The number of rotatable bonds is 4. The van der Waals surface area contributed by atoms with E-state index in [-0.39, 0.29) is 12.6 Å². The maximum atomic E-state index is 12.2. The minimum Gasteiger partial charge on any atom is -0.393 e. The summed E-state index contributed by atoms with van der Waals surface area (Å²) in [4.78, 5) is 1.82. The van der Waals surface area contributed by atoms with E-state index in [0.29, 0.717) is 6.42 Å². The Labute approximate surface area is 83.9 Å². The van der Waals surface area contributed by atoms with E-state index in [1.54, 1.807) is 6.92 Å². The first-order valence-electron chi connectivity index (χ1n) is 5.30. The van der Waals surface area contributed by atoms with Crippen LogP contribution in [0.1, 0.15) is 32.6 Å². The number of piperidine rings is 1. The molecule has 1 N–H and O–H groups in total. The van der Waals surface area contributed by atoms with E-state index >= 15 is 0 Å². The van der Waals surface area contributed by atoms with E-state index in [2.05, 4.69) is 0 Å². The molecule has 0 aromatic heterocycles. The number of alkyl halides is 2. The van der Waals surface area contributed by atoms with E-state index in [1.807, 2.05) is 4.90 Å². The molecule has 1 heterocycles. The van der Waals surface area contributed by atoms with Crippen LogP contribution in [0.2, 0.25) is 0 Å². The summed E-state index contributed by atoms with van der Waals surface area (Å²) >= 11 is 0. The van der Waals surface area contributed by atoms with Gasteiger partial charge in [0.1, 0.15) is 0 Å². The Kier molecular flexibility index (Phi) is 4.75. The van der Waals surface area contributed by atoms with Crippen LogP contribution in [0.3, 0.4) is 0 Å². The van der Waals surface area contributed by atoms with Gasteiger partial charge in [0.2, 0.25) is 0 Å². The molecule has 1 aliphatic rings. The lowest BCUT2D eigenvalue weighted by Gasteiger charge is -2.36. The average Bonchev–Trinajstić information content (AvgIpc) is 2.06. The monoisotopic (exact) mass is 207 g/mol. The standard InChI is InChI=1S/C10H19F2NO/c1-8(14)6-9-4-2-3-5-13(9)7-10(11)12/h8-10,14H,2-7H2,1H3. The summed E-state index contributed by atoms with van der Waals surface area (Å²) in [7, 11) is 0. The topological polar surface area (TPSA) is 23.5 Å². The summed E-state index contributed by atoms with van der Waals surface area (Å²) in [5.41, 5.74) is 0. The number of halogens is 2. The molecule has 1 aliphatic heterocycles. The predicted octanol–water partition coefficient (Wildman–Crippen LogP) is 1.88. The second kappa shape index (κ2) is 5.61. The fourth-order valence-electron chi connectivity index (χ4n) is 2.14. The smallest absolute Gasteiger partial charge is 0.251 e. The third-order valence-corrected chi connectivity index (χ3v) is 2.73. The fourth-order valence-corrected chi connectivity index (χ4v) is 2.14. The van der Waals surface area contributed by atoms with Crippen molar-refractivity contribution in [3.05, 3.63) is 0 Å². The molecule has 0 spiro atoms. The minimum atomic E-state index is -2.26. The van der Waals surface area contributed by atoms with Gasteiger partial charge in [-0.15, -0.1) is 0 Å². The van der Waals surface area contributed by atoms with E-state index in [0.717, 1.165) is 25.8 Å². The van der Waals surface area contributed by atoms with Crippen molar-refractivity contribution >= 4 is 0 Å². The van der Waals surface area contributed by atoms with Crippen molar-refractivity contribution in [3.63, 3.8) is 0 Å². The van der Waals surface area contributed by atoms with Crippen molar-refractivity contribution in [2.45, 2.75) is 51.2 Å². The van der Waals surface area contributed by atoms with Gasteiger partial charge >= 0.3 is 0 Å². The summed E-state index contributed by atoms with van der Waals surface area (Å²) in [6.45, 7) is 2.33. The van der Waals surface area contributed by atoms with Crippen LogP contribution in [0.15, 0.2) is 0 Å². The Bertz CT molecular complexity index is 146. The zero-order valence-corrected chi connectivity index (χ0v) is 8.63. The molecule has 2 nitrogen and oxygen atoms in total. The van der Waals surface area contributed by atoms with Crippen LogP contribution >= 0.6 is 0 Å². The summed E-state index contributed by atoms with van der Waals surface area (Å²) in [5, 5.41) is 9.24. The van der Waals surface area contributed by atoms with Gasteiger partial charge in [-0.25, -0.2) is 8.78 Å². The summed E-state index contributed by atoms with van der Waals surface area (Å²) in [6, 6.07) is 0.151. The predicted molar refractivity (Wildman–Crippen MR) is 51.5 cm³/mol. The van der Waals surface area contributed by atoms with Crippen LogP contribution in [0.5, 0.6) is 0 Å². The average molecular weight is 207 g/mol. The van der Waals surface area contributed by atoms with Crippen LogP contribution in [0.4, 0.5) is 8.78 Å². The van der Waals surface area contributed by atoms with Gasteiger partial charge in [0, 0.05) is 6.04 Å². The van der Waals surface area contributed by atoms with Crippen molar-refractivity contribution < 1.29 is 13.9 Å². The molecule has 0 aliphatic carbocycles. The first-order valence-corrected chi connectivity index (χ1v) is 5.30. The molecule has 0 bridgehead atoms. The first-order chi connectivity index (χ1) is 6.59. The molecule has 84 valence electrons. The number of nitrogens with zero attached hydrogens (tertiary/aromatic N) is 1. The van der Waals surface area contributed by atoms with Gasteiger partial charge in [-0.05, 0) is 32.7 Å². The summed E-state index contributed by atoms with van der Waals surface area (Å²) < 4.78 is 24.5. The van der Waals surface area contributed by atoms with Crippen molar-refractivity contribution in [1.82, 2.24) is 4.90 Å². The van der Waals surface area contributed by atoms with Crippen LogP contribution in [0, 0.1) is 0 Å². The van der Waals surface area contributed by atoms with Gasteiger partial charge in [-0.2, -0.15) is 0 Å². The van der Waals surface area contributed by atoms with Crippen LogP contribution in [-0.2, 0) is 0 Å². The number of aliphatic hydroxyl groups excluding tert-OH is 1. The molecule has 2 unspecified atom stereocenters. The number of hydrogen-bond acceptors (Lipinski definition) is 2. The Morgan fingerprint density at radius 1 is 1.43 bits per heavy atom. The molecule has 1 fully saturated rings. The number of aliphatic hydroxyl groups is 1. The van der Waals surface area contributed by atoms with E-state index in [9.17, 15) is 13.9 Å². The zero-order chi connectivity index (χ0) is 10.6. The second-order valence-corrected chi connectivity index (χ2v) is 4.12. The molecule has 0 aromatic carbocycles. The van der Waals surface area contributed by atoms with Gasteiger partial charge in [0.25, 0.3) is 6.43 Å². The minimum absolute atomic E-state index is 0.141. The zero-order valence-electron chi connectivity index (χ0n) is 8.63. The Balaban J connectivity index is 2.41. The second-order valence-electron chi connectivity index (χ2n) is 4.12. The quantitative estimate of drug-likeness (QED) is 0.760. The molecule has 0 amide bonds. The molecule has 14 heavy (non-hydrogen) atoms. The number of hydrogen-bond donors (Lipinski definition) is 1. The van der Waals surface area contributed by atoms with Gasteiger partial charge in [0.05, 0.1) is 12.6 Å². The molecule has 1 rings (SSSR count). The Morgan fingerprint density at radius 2 is 2.14 bits per heavy atom. The van der Waals surface area contributed by atoms with Gasteiger partial charge in [0.15, 0.2) is 0 Å². The van der Waals surface area contributed by atoms with Crippen LogP contribution in [-0.4, -0.2) is 41.7 Å². The lowest BCUT2D eigenvalue weighted by atomic mass is 9.97. The lowest BCUT2D eigenvalue weighted by Crippen LogP contribution is -2.43. The van der Waals surface area contributed by atoms with Gasteiger partial charge < -0.3 is 5.11 Å². The van der Waals surface area contributed by atoms with E-state index < -0.39 is 12.5 Å². The van der Waals surface area contributed by atoms with Crippen molar-refractivity contribution in [2.75, 3.05) is 13.1 Å². The molecule has 2 atom stereocenters. The maximum absolute atomic E-state index is 12.2. The maximum Gasteiger partial charge on any atom is 0.251 e. The molecule has 0 saturated carbocycles. The normalized spacial score (nSPS) is 26.8. The fraction of sp³-hybridized carbons (Fsp3) is 1.00. The van der Waals surface area contributed by atoms with Crippen molar-refractivity contribution in [1.29, 1.82) is 0 Å². The van der Waals surface area contributed by atoms with Crippen LogP contribution in [0.25, 0.3) is 0 Å². The Morgan fingerprint density at radius 3 is 2.71 bits per heavy atom. The van der Waals surface area contributed by atoms with Gasteiger partial charge in [-0.1, -0.05) is 6.42 Å². The molecule has 1 saturated heterocycles. The SMILES string of the molecule is CC(O)CC1CCCCN1CC(F)F. The molecule has 0 aromatic rings. The molecule has 4 heteroatoms. The highest BCUT2D eigenvalue weighted by atomic mass is 19.3. The lowest BCUT2D eigenvalue weighted by molar-refractivity contribution is 0.0305. The summed E-state index contributed by atoms with van der Waals surface area (Å²) in [5.74, 6) is 0. The molecular weight excluding hydrogens is 188 g/mol. The van der Waals surface area contributed by atoms with E-state index in [1.165, 1.54) is 0 Å². The third kappa shape index (κ3) is 3.88.